The van der Waals surface area contributed by atoms with E-state index >= 15 is 0 Å². The molecule has 2 rings (SSSR count). The lowest BCUT2D eigenvalue weighted by Gasteiger charge is -2.23. The van der Waals surface area contributed by atoms with E-state index in [9.17, 15) is 12.8 Å². The van der Waals surface area contributed by atoms with E-state index in [2.05, 4.69) is 0 Å². The van der Waals surface area contributed by atoms with Crippen LogP contribution in [0.15, 0.2) is 53.4 Å². The third kappa shape index (κ3) is 2.88. The molecule has 0 bridgehead atoms. The van der Waals surface area contributed by atoms with Crippen molar-refractivity contribution >= 4 is 15.7 Å². The Bertz CT molecular complexity index is 780. The van der Waals surface area contributed by atoms with E-state index in [4.69, 9.17) is 5.26 Å². The minimum Gasteiger partial charge on any atom is -0.264 e. The van der Waals surface area contributed by atoms with Gasteiger partial charge < -0.3 is 0 Å². The van der Waals surface area contributed by atoms with E-state index in [1.807, 2.05) is 6.07 Å². The summed E-state index contributed by atoms with van der Waals surface area (Å²) in [5.74, 6) is -0.600. The summed E-state index contributed by atoms with van der Waals surface area (Å²) in [6, 6.07) is 13.2. The molecule has 0 atom stereocenters. The number of hydrogen-bond acceptors (Lipinski definition) is 3. The Balaban J connectivity index is 2.50. The maximum absolute atomic E-state index is 13.8. The molecule has 0 fully saturated rings. The number of halogens is 1. The van der Waals surface area contributed by atoms with Crippen molar-refractivity contribution in [3.8, 4) is 6.07 Å². The number of sulfonamides is 1. The summed E-state index contributed by atoms with van der Waals surface area (Å²) in [6.07, 6.45) is 0. The maximum Gasteiger partial charge on any atom is 0.264 e. The Kier molecular flexibility index (Phi) is 4.24. The van der Waals surface area contributed by atoms with Gasteiger partial charge in [-0.1, -0.05) is 12.1 Å². The summed E-state index contributed by atoms with van der Waals surface area (Å²) < 4.78 is 40.0. The normalized spacial score (nSPS) is 10.9. The molecule has 2 aromatic rings. The SMILES string of the molecule is CCN(c1ccccc1F)S(=O)(=O)c1ccc(C#N)cc1. The van der Waals surface area contributed by atoms with Gasteiger partial charge in [-0.25, -0.2) is 12.8 Å². The summed E-state index contributed by atoms with van der Waals surface area (Å²) in [5.41, 5.74) is 0.368. The number of para-hydroxylation sites is 1. The van der Waals surface area contributed by atoms with Crippen molar-refractivity contribution in [2.24, 2.45) is 0 Å². The number of hydrogen-bond donors (Lipinski definition) is 0. The fourth-order valence-corrected chi connectivity index (χ4v) is 3.43. The summed E-state index contributed by atoms with van der Waals surface area (Å²) >= 11 is 0. The van der Waals surface area contributed by atoms with Crippen LogP contribution in [0.3, 0.4) is 0 Å². The van der Waals surface area contributed by atoms with Crippen molar-refractivity contribution in [2.45, 2.75) is 11.8 Å². The monoisotopic (exact) mass is 304 g/mol. The molecule has 2 aromatic carbocycles. The molecular weight excluding hydrogens is 291 g/mol. The maximum atomic E-state index is 13.8. The lowest BCUT2D eigenvalue weighted by Crippen LogP contribution is -2.31. The predicted octanol–water partition coefficient (Wildman–Crippen LogP) is 2.91. The van der Waals surface area contributed by atoms with Crippen molar-refractivity contribution in [1.29, 1.82) is 5.26 Å². The van der Waals surface area contributed by atoms with Gasteiger partial charge >= 0.3 is 0 Å². The van der Waals surface area contributed by atoms with Crippen LogP contribution in [0.1, 0.15) is 12.5 Å². The first-order valence-electron chi connectivity index (χ1n) is 6.28. The number of nitrogens with zero attached hydrogens (tertiary/aromatic N) is 2. The average molecular weight is 304 g/mol. The molecule has 0 saturated carbocycles. The van der Waals surface area contributed by atoms with Crippen molar-refractivity contribution in [2.75, 3.05) is 10.8 Å². The molecule has 0 heterocycles. The number of nitriles is 1. The molecule has 0 saturated heterocycles. The molecule has 0 N–H and O–H groups in total. The zero-order valence-corrected chi connectivity index (χ0v) is 12.1. The summed E-state index contributed by atoms with van der Waals surface area (Å²) in [4.78, 5) is 0.0200. The van der Waals surface area contributed by atoms with Crippen molar-refractivity contribution < 1.29 is 12.8 Å². The summed E-state index contributed by atoms with van der Waals surface area (Å²) in [6.45, 7) is 1.73. The first kappa shape index (κ1) is 15.0. The highest BCUT2D eigenvalue weighted by Gasteiger charge is 2.25. The minimum atomic E-state index is -3.87. The van der Waals surface area contributed by atoms with Crippen LogP contribution < -0.4 is 4.31 Å². The van der Waals surface area contributed by atoms with Gasteiger partial charge in [0.05, 0.1) is 22.2 Å². The van der Waals surface area contributed by atoms with Gasteiger partial charge in [-0.2, -0.15) is 5.26 Å². The fourth-order valence-electron chi connectivity index (χ4n) is 1.95. The molecule has 21 heavy (non-hydrogen) atoms. The van der Waals surface area contributed by atoms with E-state index in [1.165, 1.54) is 42.5 Å². The zero-order valence-electron chi connectivity index (χ0n) is 11.3. The Morgan fingerprint density at radius 3 is 2.29 bits per heavy atom. The topological polar surface area (TPSA) is 61.2 Å². The van der Waals surface area contributed by atoms with E-state index in [-0.39, 0.29) is 17.1 Å². The molecule has 6 heteroatoms. The van der Waals surface area contributed by atoms with Crippen LogP contribution in [0.5, 0.6) is 0 Å². The highest BCUT2D eigenvalue weighted by atomic mass is 32.2. The Hall–Kier alpha value is -2.39. The van der Waals surface area contributed by atoms with Gasteiger partial charge in [-0.3, -0.25) is 4.31 Å². The Morgan fingerprint density at radius 2 is 1.76 bits per heavy atom. The van der Waals surface area contributed by atoms with Crippen LogP contribution in [0.4, 0.5) is 10.1 Å². The Morgan fingerprint density at radius 1 is 1.14 bits per heavy atom. The predicted molar refractivity (Wildman–Crippen MR) is 77.8 cm³/mol. The highest BCUT2D eigenvalue weighted by Crippen LogP contribution is 2.25. The molecule has 0 aromatic heterocycles. The van der Waals surface area contributed by atoms with Gasteiger partial charge in [0.2, 0.25) is 0 Å². The van der Waals surface area contributed by atoms with Crippen LogP contribution in [0.2, 0.25) is 0 Å². The second-order valence-corrected chi connectivity index (χ2v) is 6.12. The molecule has 0 aliphatic rings. The smallest absolute Gasteiger partial charge is 0.264 e. The largest absolute Gasteiger partial charge is 0.264 e. The molecule has 108 valence electrons. The van der Waals surface area contributed by atoms with Crippen LogP contribution in [-0.4, -0.2) is 15.0 Å². The van der Waals surface area contributed by atoms with E-state index in [0.717, 1.165) is 4.31 Å². The molecule has 0 spiro atoms. The van der Waals surface area contributed by atoms with E-state index < -0.39 is 15.8 Å². The summed E-state index contributed by atoms with van der Waals surface area (Å²) in [5, 5.41) is 8.74. The molecule has 4 nitrogen and oxygen atoms in total. The van der Waals surface area contributed by atoms with Gasteiger partial charge in [0, 0.05) is 6.54 Å². The average Bonchev–Trinajstić information content (AvgIpc) is 2.50. The lowest BCUT2D eigenvalue weighted by atomic mass is 10.2. The third-order valence-corrected chi connectivity index (χ3v) is 4.88. The molecule has 0 aliphatic heterocycles. The van der Waals surface area contributed by atoms with Gasteiger partial charge in [0.25, 0.3) is 10.0 Å². The van der Waals surface area contributed by atoms with Crippen molar-refractivity contribution in [1.82, 2.24) is 0 Å². The second kappa shape index (κ2) is 5.94. The van der Waals surface area contributed by atoms with Crippen LogP contribution in [0.25, 0.3) is 0 Å². The lowest BCUT2D eigenvalue weighted by molar-refractivity contribution is 0.586. The molecule has 0 aliphatic carbocycles. The molecule has 0 amide bonds. The quantitative estimate of drug-likeness (QED) is 0.872. The molecule has 0 unspecified atom stereocenters. The van der Waals surface area contributed by atoms with Crippen LogP contribution in [-0.2, 0) is 10.0 Å². The first-order valence-corrected chi connectivity index (χ1v) is 7.72. The van der Waals surface area contributed by atoms with E-state index in [0.29, 0.717) is 5.56 Å². The zero-order chi connectivity index (χ0) is 15.5. The van der Waals surface area contributed by atoms with E-state index in [1.54, 1.807) is 13.0 Å². The van der Waals surface area contributed by atoms with Gasteiger partial charge in [-0.05, 0) is 43.3 Å². The number of benzene rings is 2. The fraction of sp³-hybridized carbons (Fsp3) is 0.133. The van der Waals surface area contributed by atoms with Crippen LogP contribution in [0, 0.1) is 17.1 Å². The van der Waals surface area contributed by atoms with Crippen LogP contribution >= 0.6 is 0 Å². The van der Waals surface area contributed by atoms with Gasteiger partial charge in [-0.15, -0.1) is 0 Å². The van der Waals surface area contributed by atoms with Gasteiger partial charge in [0.1, 0.15) is 5.82 Å². The second-order valence-electron chi connectivity index (χ2n) is 4.26. The van der Waals surface area contributed by atoms with Crippen molar-refractivity contribution in [3.63, 3.8) is 0 Å². The summed E-state index contributed by atoms with van der Waals surface area (Å²) in [7, 11) is -3.87. The number of anilines is 1. The highest BCUT2D eigenvalue weighted by molar-refractivity contribution is 7.92. The number of rotatable bonds is 4. The van der Waals surface area contributed by atoms with Gasteiger partial charge in [0.15, 0.2) is 0 Å². The van der Waals surface area contributed by atoms with Crippen molar-refractivity contribution in [3.05, 3.63) is 59.9 Å². The molecule has 0 radical (unpaired) electrons. The third-order valence-electron chi connectivity index (χ3n) is 2.98. The standard InChI is InChI=1S/C15H13FN2O2S/c1-2-18(15-6-4-3-5-14(15)16)21(19,20)13-9-7-12(11-17)8-10-13/h3-10H,2H2,1H3. The Labute approximate surface area is 123 Å². The minimum absolute atomic E-state index is 0.00404. The first-order chi connectivity index (χ1) is 10.0. The molecular formula is C15H13FN2O2S.